The van der Waals surface area contributed by atoms with Crippen molar-refractivity contribution >= 4 is 11.6 Å². The molecule has 2 N–H and O–H groups in total. The Morgan fingerprint density at radius 2 is 1.68 bits per heavy atom. The monoisotopic (exact) mass is 295 g/mol. The fraction of sp³-hybridized carbons (Fsp3) is 0.278. The van der Waals surface area contributed by atoms with E-state index in [1.165, 1.54) is 5.69 Å². The molecule has 1 aliphatic heterocycles. The molecule has 1 heterocycles. The lowest BCUT2D eigenvalue weighted by molar-refractivity contribution is 0.0746. The lowest BCUT2D eigenvalue weighted by Crippen LogP contribution is -2.48. The predicted octanol–water partition coefficient (Wildman–Crippen LogP) is 2.11. The minimum atomic E-state index is 0.100. The number of nitrogens with zero attached hydrogens (tertiary/aromatic N) is 2. The fourth-order valence-corrected chi connectivity index (χ4v) is 2.82. The van der Waals surface area contributed by atoms with Gasteiger partial charge in [-0.3, -0.25) is 4.79 Å². The highest BCUT2D eigenvalue weighted by Gasteiger charge is 2.22. The van der Waals surface area contributed by atoms with Crippen LogP contribution >= 0.6 is 0 Å². The Balaban J connectivity index is 1.64. The third-order valence-corrected chi connectivity index (χ3v) is 4.10. The van der Waals surface area contributed by atoms with E-state index in [0.717, 1.165) is 37.3 Å². The van der Waals surface area contributed by atoms with E-state index in [1.54, 1.807) is 0 Å². The number of hydrogen-bond acceptors (Lipinski definition) is 3. The van der Waals surface area contributed by atoms with E-state index in [0.29, 0.717) is 6.54 Å². The van der Waals surface area contributed by atoms with Crippen LogP contribution in [0.5, 0.6) is 0 Å². The quantitative estimate of drug-likeness (QED) is 0.943. The van der Waals surface area contributed by atoms with Gasteiger partial charge in [0, 0.05) is 44.0 Å². The number of piperazine rings is 1. The predicted molar refractivity (Wildman–Crippen MR) is 88.9 cm³/mol. The number of anilines is 1. The molecule has 2 aromatic carbocycles. The molecule has 0 radical (unpaired) electrons. The zero-order valence-corrected chi connectivity index (χ0v) is 12.6. The number of hydrogen-bond donors (Lipinski definition) is 1. The van der Waals surface area contributed by atoms with Crippen LogP contribution in [0.25, 0.3) is 0 Å². The van der Waals surface area contributed by atoms with Crippen LogP contribution in [0, 0.1) is 0 Å². The molecule has 1 amide bonds. The van der Waals surface area contributed by atoms with E-state index in [-0.39, 0.29) is 5.91 Å². The molecule has 22 heavy (non-hydrogen) atoms. The highest BCUT2D eigenvalue weighted by atomic mass is 16.2. The Kier molecular flexibility index (Phi) is 4.39. The van der Waals surface area contributed by atoms with E-state index in [2.05, 4.69) is 17.0 Å². The van der Waals surface area contributed by atoms with Gasteiger partial charge in [0.15, 0.2) is 0 Å². The number of nitrogens with two attached hydrogens (primary N) is 1. The Hall–Kier alpha value is -2.33. The largest absolute Gasteiger partial charge is 0.368 e. The summed E-state index contributed by atoms with van der Waals surface area (Å²) in [5, 5.41) is 0. The first kappa shape index (κ1) is 14.6. The summed E-state index contributed by atoms with van der Waals surface area (Å²) in [6, 6.07) is 17.9. The van der Waals surface area contributed by atoms with Crippen molar-refractivity contribution in [3.63, 3.8) is 0 Å². The Labute approximate surface area is 131 Å². The summed E-state index contributed by atoms with van der Waals surface area (Å²) in [4.78, 5) is 16.8. The van der Waals surface area contributed by atoms with Gasteiger partial charge in [-0.2, -0.15) is 0 Å². The van der Waals surface area contributed by atoms with E-state index in [1.807, 2.05) is 47.4 Å². The Bertz CT molecular complexity index is 634. The van der Waals surface area contributed by atoms with Gasteiger partial charge in [-0.05, 0) is 29.8 Å². The van der Waals surface area contributed by atoms with Gasteiger partial charge in [-0.1, -0.05) is 30.3 Å². The molecule has 0 saturated carbocycles. The molecule has 0 atom stereocenters. The van der Waals surface area contributed by atoms with Gasteiger partial charge >= 0.3 is 0 Å². The maximum absolute atomic E-state index is 12.6. The number of benzene rings is 2. The zero-order chi connectivity index (χ0) is 15.4. The molecular weight excluding hydrogens is 274 g/mol. The normalized spacial score (nSPS) is 15.0. The van der Waals surface area contributed by atoms with Crippen LogP contribution in [0.15, 0.2) is 54.6 Å². The molecular formula is C18H21N3O. The molecule has 114 valence electrons. The first-order valence-corrected chi connectivity index (χ1v) is 7.66. The molecule has 0 aromatic heterocycles. The number of carbonyl (C=O) groups excluding carboxylic acids is 1. The van der Waals surface area contributed by atoms with Crippen molar-refractivity contribution in [2.45, 2.75) is 6.54 Å². The van der Waals surface area contributed by atoms with Gasteiger partial charge in [0.25, 0.3) is 5.91 Å². The second-order valence-electron chi connectivity index (χ2n) is 5.52. The number of amides is 1. The molecule has 4 heteroatoms. The summed E-state index contributed by atoms with van der Waals surface area (Å²) in [7, 11) is 0. The van der Waals surface area contributed by atoms with Gasteiger partial charge in [-0.25, -0.2) is 0 Å². The second-order valence-corrected chi connectivity index (χ2v) is 5.52. The van der Waals surface area contributed by atoms with Crippen molar-refractivity contribution < 1.29 is 4.79 Å². The fourth-order valence-electron chi connectivity index (χ4n) is 2.82. The summed E-state index contributed by atoms with van der Waals surface area (Å²) < 4.78 is 0. The van der Waals surface area contributed by atoms with Crippen LogP contribution in [-0.4, -0.2) is 37.0 Å². The first-order valence-electron chi connectivity index (χ1n) is 7.66. The third kappa shape index (κ3) is 3.12. The summed E-state index contributed by atoms with van der Waals surface area (Å²) in [6.07, 6.45) is 0. The van der Waals surface area contributed by atoms with Crippen molar-refractivity contribution in [1.82, 2.24) is 4.90 Å². The van der Waals surface area contributed by atoms with Gasteiger partial charge in [0.2, 0.25) is 0 Å². The summed E-state index contributed by atoms with van der Waals surface area (Å²) in [5.41, 5.74) is 8.60. The van der Waals surface area contributed by atoms with Crippen LogP contribution in [0.4, 0.5) is 5.69 Å². The van der Waals surface area contributed by atoms with E-state index in [9.17, 15) is 4.79 Å². The molecule has 0 unspecified atom stereocenters. The highest BCUT2D eigenvalue weighted by molar-refractivity contribution is 5.94. The molecule has 4 nitrogen and oxygen atoms in total. The van der Waals surface area contributed by atoms with Crippen LogP contribution in [-0.2, 0) is 6.54 Å². The van der Waals surface area contributed by atoms with E-state index < -0.39 is 0 Å². The smallest absolute Gasteiger partial charge is 0.253 e. The molecule has 0 aliphatic carbocycles. The topological polar surface area (TPSA) is 49.6 Å². The second kappa shape index (κ2) is 6.62. The van der Waals surface area contributed by atoms with Crippen molar-refractivity contribution in [1.29, 1.82) is 0 Å². The summed E-state index contributed by atoms with van der Waals surface area (Å²) in [5.74, 6) is 0.100. The standard InChI is InChI=1S/C18H21N3O/c19-14-15-5-4-6-16(13-15)18(22)21-11-9-20(10-12-21)17-7-2-1-3-8-17/h1-8,13H,9-12,14,19H2. The van der Waals surface area contributed by atoms with Crippen LogP contribution in [0.3, 0.4) is 0 Å². The lowest BCUT2D eigenvalue weighted by Gasteiger charge is -2.36. The van der Waals surface area contributed by atoms with E-state index >= 15 is 0 Å². The van der Waals surface area contributed by atoms with E-state index in [4.69, 9.17) is 5.73 Å². The van der Waals surface area contributed by atoms with Gasteiger partial charge in [-0.15, -0.1) is 0 Å². The molecule has 1 saturated heterocycles. The summed E-state index contributed by atoms with van der Waals surface area (Å²) >= 11 is 0. The Morgan fingerprint density at radius 1 is 0.955 bits per heavy atom. The maximum Gasteiger partial charge on any atom is 0.253 e. The average molecular weight is 295 g/mol. The molecule has 0 bridgehead atoms. The van der Waals surface area contributed by atoms with Crippen LogP contribution in [0.1, 0.15) is 15.9 Å². The zero-order valence-electron chi connectivity index (χ0n) is 12.6. The molecule has 3 rings (SSSR count). The number of para-hydroxylation sites is 1. The minimum absolute atomic E-state index is 0.100. The third-order valence-electron chi connectivity index (χ3n) is 4.10. The van der Waals surface area contributed by atoms with Gasteiger partial charge in [0.05, 0.1) is 0 Å². The lowest BCUT2D eigenvalue weighted by atomic mass is 10.1. The first-order chi connectivity index (χ1) is 10.8. The minimum Gasteiger partial charge on any atom is -0.368 e. The molecule has 2 aromatic rings. The van der Waals surface area contributed by atoms with Crippen LogP contribution in [0.2, 0.25) is 0 Å². The van der Waals surface area contributed by atoms with Crippen molar-refractivity contribution in [3.8, 4) is 0 Å². The highest BCUT2D eigenvalue weighted by Crippen LogP contribution is 2.17. The van der Waals surface area contributed by atoms with Crippen molar-refractivity contribution in [2.24, 2.45) is 5.73 Å². The SMILES string of the molecule is NCc1cccc(C(=O)N2CCN(c3ccccc3)CC2)c1. The summed E-state index contributed by atoms with van der Waals surface area (Å²) in [6.45, 7) is 3.70. The molecule has 0 spiro atoms. The molecule has 1 aliphatic rings. The van der Waals surface area contributed by atoms with Crippen molar-refractivity contribution in [2.75, 3.05) is 31.1 Å². The number of rotatable bonds is 3. The van der Waals surface area contributed by atoms with Crippen LogP contribution < -0.4 is 10.6 Å². The number of carbonyl (C=O) groups is 1. The molecule has 1 fully saturated rings. The van der Waals surface area contributed by atoms with Gasteiger partial charge in [0.1, 0.15) is 0 Å². The van der Waals surface area contributed by atoms with Gasteiger partial charge < -0.3 is 15.5 Å². The maximum atomic E-state index is 12.6. The Morgan fingerprint density at radius 3 is 2.36 bits per heavy atom. The average Bonchev–Trinajstić information content (AvgIpc) is 2.62. The van der Waals surface area contributed by atoms with Crippen molar-refractivity contribution in [3.05, 3.63) is 65.7 Å².